The number of aryl methyl sites for hydroxylation is 1. The Morgan fingerprint density at radius 3 is 2.83 bits per heavy atom. The van der Waals surface area contributed by atoms with Gasteiger partial charge in [-0.15, -0.1) is 11.3 Å². The van der Waals surface area contributed by atoms with Gasteiger partial charge in [-0.1, -0.05) is 0 Å². The molecular formula is C13H15BrN2OS. The summed E-state index contributed by atoms with van der Waals surface area (Å²) in [6, 6.07) is 4.13. The number of aliphatic hydroxyl groups is 1. The summed E-state index contributed by atoms with van der Waals surface area (Å²) in [7, 11) is 2.03. The molecule has 0 atom stereocenters. The summed E-state index contributed by atoms with van der Waals surface area (Å²) in [6.45, 7) is 2.80. The number of rotatable bonds is 4. The number of anilines is 1. The zero-order valence-corrected chi connectivity index (χ0v) is 12.8. The maximum atomic E-state index is 9.36. The number of hydrogen-bond acceptors (Lipinski definition) is 4. The van der Waals surface area contributed by atoms with Gasteiger partial charge in [-0.3, -0.25) is 4.98 Å². The highest BCUT2D eigenvalue weighted by atomic mass is 79.9. The maximum Gasteiger partial charge on any atom is 0.0717 e. The number of hydrogen-bond donors (Lipinski definition) is 1. The predicted molar refractivity (Wildman–Crippen MR) is 79.0 cm³/mol. The first-order chi connectivity index (χ1) is 8.60. The lowest BCUT2D eigenvalue weighted by Crippen LogP contribution is -2.17. The zero-order valence-electron chi connectivity index (χ0n) is 10.4. The Morgan fingerprint density at radius 2 is 2.22 bits per heavy atom. The molecule has 0 aliphatic rings. The van der Waals surface area contributed by atoms with Gasteiger partial charge in [-0.2, -0.15) is 0 Å². The molecule has 3 nitrogen and oxygen atoms in total. The summed E-state index contributed by atoms with van der Waals surface area (Å²) < 4.78 is 1.11. The number of aliphatic hydroxyl groups excluding tert-OH is 1. The number of halogens is 1. The second-order valence-electron chi connectivity index (χ2n) is 4.20. The van der Waals surface area contributed by atoms with Crippen LogP contribution in [0.1, 0.15) is 16.1 Å². The van der Waals surface area contributed by atoms with Crippen molar-refractivity contribution in [2.75, 3.05) is 11.9 Å². The van der Waals surface area contributed by atoms with Crippen LogP contribution in [0.2, 0.25) is 0 Å². The fourth-order valence-corrected chi connectivity index (χ4v) is 3.31. The van der Waals surface area contributed by atoms with Gasteiger partial charge in [-0.05, 0) is 35.0 Å². The smallest absolute Gasteiger partial charge is 0.0717 e. The normalized spacial score (nSPS) is 10.7. The molecule has 2 aromatic heterocycles. The molecular weight excluding hydrogens is 312 g/mol. The predicted octanol–water partition coefficient (Wildman–Crippen LogP) is 3.34. The van der Waals surface area contributed by atoms with Crippen LogP contribution < -0.4 is 4.90 Å². The maximum absolute atomic E-state index is 9.36. The lowest BCUT2D eigenvalue weighted by Gasteiger charge is -2.21. The number of thiophene rings is 1. The molecule has 0 aliphatic carbocycles. The highest BCUT2D eigenvalue weighted by Gasteiger charge is 2.09. The van der Waals surface area contributed by atoms with E-state index >= 15 is 0 Å². The van der Waals surface area contributed by atoms with Crippen molar-refractivity contribution in [1.29, 1.82) is 0 Å². The van der Waals surface area contributed by atoms with Gasteiger partial charge in [0.1, 0.15) is 0 Å². The average molecular weight is 327 g/mol. The van der Waals surface area contributed by atoms with Crippen LogP contribution in [-0.2, 0) is 13.2 Å². The van der Waals surface area contributed by atoms with Crippen molar-refractivity contribution in [2.45, 2.75) is 20.1 Å². The van der Waals surface area contributed by atoms with Crippen LogP contribution in [0.15, 0.2) is 28.2 Å². The lowest BCUT2D eigenvalue weighted by atomic mass is 10.2. The standard InChI is InChI=1S/C13H15BrN2OS/c1-9-3-13(10(7-17)5-15-9)16(2)6-12-4-11(14)8-18-12/h3-5,8,17H,6-7H2,1-2H3. The van der Waals surface area contributed by atoms with Crippen molar-refractivity contribution in [3.63, 3.8) is 0 Å². The highest BCUT2D eigenvalue weighted by Crippen LogP contribution is 2.25. The molecule has 0 radical (unpaired) electrons. The first-order valence-electron chi connectivity index (χ1n) is 5.60. The molecule has 0 spiro atoms. The SMILES string of the molecule is Cc1cc(N(C)Cc2cc(Br)cs2)c(CO)cn1. The van der Waals surface area contributed by atoms with Crippen molar-refractivity contribution in [3.8, 4) is 0 Å². The molecule has 0 unspecified atom stereocenters. The third kappa shape index (κ3) is 3.10. The Bertz CT molecular complexity index is 542. The molecule has 0 saturated carbocycles. The first-order valence-corrected chi connectivity index (χ1v) is 7.28. The van der Waals surface area contributed by atoms with Crippen LogP contribution in [0.5, 0.6) is 0 Å². The Kier molecular flexibility index (Phi) is 4.37. The molecule has 18 heavy (non-hydrogen) atoms. The van der Waals surface area contributed by atoms with E-state index < -0.39 is 0 Å². The van der Waals surface area contributed by atoms with Crippen molar-refractivity contribution in [3.05, 3.63) is 44.3 Å². The molecule has 2 aromatic rings. The van der Waals surface area contributed by atoms with Crippen molar-refractivity contribution >= 4 is 33.0 Å². The van der Waals surface area contributed by atoms with Crippen LogP contribution in [0.3, 0.4) is 0 Å². The fourth-order valence-electron chi connectivity index (χ4n) is 1.81. The molecule has 0 bridgehead atoms. The monoisotopic (exact) mass is 326 g/mol. The van der Waals surface area contributed by atoms with Gasteiger partial charge < -0.3 is 10.0 Å². The first kappa shape index (κ1) is 13.5. The van der Waals surface area contributed by atoms with Crippen molar-refractivity contribution < 1.29 is 5.11 Å². The topological polar surface area (TPSA) is 36.4 Å². The summed E-state index contributed by atoms with van der Waals surface area (Å²) in [5.74, 6) is 0. The van der Waals surface area contributed by atoms with Crippen LogP contribution in [0.4, 0.5) is 5.69 Å². The van der Waals surface area contributed by atoms with E-state index in [4.69, 9.17) is 0 Å². The molecule has 1 N–H and O–H groups in total. The van der Waals surface area contributed by atoms with E-state index in [0.717, 1.165) is 28.0 Å². The second kappa shape index (κ2) is 5.82. The van der Waals surface area contributed by atoms with E-state index in [1.165, 1.54) is 4.88 Å². The Hall–Kier alpha value is -0.910. The minimum absolute atomic E-state index is 0.0150. The molecule has 0 saturated heterocycles. The lowest BCUT2D eigenvalue weighted by molar-refractivity contribution is 0.281. The molecule has 0 amide bonds. The van der Waals surface area contributed by atoms with Gasteiger partial charge in [-0.25, -0.2) is 0 Å². The van der Waals surface area contributed by atoms with Crippen molar-refractivity contribution in [2.24, 2.45) is 0 Å². The van der Waals surface area contributed by atoms with Gasteiger partial charge in [0.15, 0.2) is 0 Å². The summed E-state index contributed by atoms with van der Waals surface area (Å²) >= 11 is 5.18. The van der Waals surface area contributed by atoms with Gasteiger partial charge in [0.25, 0.3) is 0 Å². The zero-order chi connectivity index (χ0) is 13.1. The van der Waals surface area contributed by atoms with E-state index in [1.807, 2.05) is 20.0 Å². The van der Waals surface area contributed by atoms with E-state index in [9.17, 15) is 5.11 Å². The van der Waals surface area contributed by atoms with Crippen LogP contribution >= 0.6 is 27.3 Å². The molecule has 5 heteroatoms. The average Bonchev–Trinajstić information content (AvgIpc) is 2.74. The van der Waals surface area contributed by atoms with Crippen LogP contribution in [0.25, 0.3) is 0 Å². The highest BCUT2D eigenvalue weighted by molar-refractivity contribution is 9.10. The van der Waals surface area contributed by atoms with Crippen LogP contribution in [0, 0.1) is 6.92 Å². The third-order valence-corrected chi connectivity index (χ3v) is 4.38. The molecule has 2 rings (SSSR count). The molecule has 0 aliphatic heterocycles. The quantitative estimate of drug-likeness (QED) is 0.936. The number of pyridine rings is 1. The molecule has 2 heterocycles. The summed E-state index contributed by atoms with van der Waals surface area (Å²) in [5, 5.41) is 11.4. The van der Waals surface area contributed by atoms with E-state index in [2.05, 4.69) is 37.3 Å². The third-order valence-electron chi connectivity index (χ3n) is 2.69. The van der Waals surface area contributed by atoms with Gasteiger partial charge in [0.2, 0.25) is 0 Å². The Balaban J connectivity index is 2.22. The minimum Gasteiger partial charge on any atom is -0.392 e. The van der Waals surface area contributed by atoms with Gasteiger partial charge >= 0.3 is 0 Å². The van der Waals surface area contributed by atoms with Crippen molar-refractivity contribution in [1.82, 2.24) is 4.98 Å². The van der Waals surface area contributed by atoms with E-state index in [-0.39, 0.29) is 6.61 Å². The van der Waals surface area contributed by atoms with Gasteiger partial charge in [0.05, 0.1) is 13.2 Å². The summed E-state index contributed by atoms with van der Waals surface area (Å²) in [5.41, 5.74) is 2.86. The fraction of sp³-hybridized carbons (Fsp3) is 0.308. The Morgan fingerprint density at radius 1 is 1.44 bits per heavy atom. The van der Waals surface area contributed by atoms with E-state index in [0.29, 0.717) is 0 Å². The van der Waals surface area contributed by atoms with E-state index in [1.54, 1.807) is 17.5 Å². The van der Waals surface area contributed by atoms with Gasteiger partial charge in [0, 0.05) is 44.9 Å². The molecule has 96 valence electrons. The Labute approximate surface area is 119 Å². The number of nitrogens with zero attached hydrogens (tertiary/aromatic N) is 2. The van der Waals surface area contributed by atoms with Crippen LogP contribution in [-0.4, -0.2) is 17.1 Å². The molecule has 0 fully saturated rings. The second-order valence-corrected chi connectivity index (χ2v) is 6.11. The largest absolute Gasteiger partial charge is 0.392 e. The summed E-state index contributed by atoms with van der Waals surface area (Å²) in [4.78, 5) is 7.63. The summed E-state index contributed by atoms with van der Waals surface area (Å²) in [6.07, 6.45) is 1.74. The molecule has 0 aromatic carbocycles. The minimum atomic E-state index is 0.0150. The number of aromatic nitrogens is 1.